The molecule has 1 aromatic heterocycles. The summed E-state index contributed by atoms with van der Waals surface area (Å²) in [7, 11) is 5.43. The van der Waals surface area contributed by atoms with Crippen LogP contribution in [0.25, 0.3) is 10.9 Å². The van der Waals surface area contributed by atoms with E-state index in [1.54, 1.807) is 24.3 Å². The molecule has 0 fully saturated rings. The molecular formula is C29H30F2N3O4P. The van der Waals surface area contributed by atoms with Gasteiger partial charge in [0.25, 0.3) is 0 Å². The summed E-state index contributed by atoms with van der Waals surface area (Å²) < 4.78 is 40.0. The molecule has 4 rings (SSSR count). The van der Waals surface area contributed by atoms with Crippen molar-refractivity contribution in [3.63, 3.8) is 0 Å². The van der Waals surface area contributed by atoms with E-state index in [0.29, 0.717) is 40.9 Å². The van der Waals surface area contributed by atoms with Crippen molar-refractivity contribution in [3.8, 4) is 23.0 Å². The number of rotatable bonds is 10. The van der Waals surface area contributed by atoms with Crippen LogP contribution in [-0.4, -0.2) is 48.1 Å². The number of halogens is 2. The van der Waals surface area contributed by atoms with E-state index in [9.17, 15) is 18.7 Å². The molecule has 0 aliphatic carbocycles. The first-order valence-electron chi connectivity index (χ1n) is 12.2. The van der Waals surface area contributed by atoms with Gasteiger partial charge in [0.1, 0.15) is 11.2 Å². The van der Waals surface area contributed by atoms with Gasteiger partial charge in [0.2, 0.25) is 5.91 Å². The Morgan fingerprint density at radius 1 is 1.13 bits per heavy atom. The van der Waals surface area contributed by atoms with Crippen LogP contribution < -0.4 is 14.8 Å². The number of pyridine rings is 1. The predicted octanol–water partition coefficient (Wildman–Crippen LogP) is 6.01. The van der Waals surface area contributed by atoms with Crippen LogP contribution in [-0.2, 0) is 16.6 Å². The molecule has 3 aromatic carbocycles. The Bertz CT molecular complexity index is 1490. The van der Waals surface area contributed by atoms with Crippen LogP contribution in [0, 0.1) is 5.82 Å². The van der Waals surface area contributed by atoms with Gasteiger partial charge in [-0.05, 0) is 55.8 Å². The minimum absolute atomic E-state index is 0.0400. The third-order valence-corrected chi connectivity index (χ3v) is 6.46. The number of hydrogen-bond acceptors (Lipinski definition) is 6. The fourth-order valence-corrected chi connectivity index (χ4v) is 4.22. The molecule has 0 saturated heterocycles. The zero-order valence-corrected chi connectivity index (χ0v) is 23.0. The summed E-state index contributed by atoms with van der Waals surface area (Å²) in [6.45, 7) is 2.17. The number of likely N-dealkylation sites (N-methyl/N-ethyl adjacent to an activating group) is 1. The molecule has 1 heterocycles. The fourth-order valence-electron chi connectivity index (χ4n) is 4.04. The number of anilines is 1. The lowest BCUT2D eigenvalue weighted by atomic mass is 10.1. The summed E-state index contributed by atoms with van der Waals surface area (Å²) in [4.78, 5) is 18.6. The van der Waals surface area contributed by atoms with Crippen molar-refractivity contribution in [2.24, 2.45) is 0 Å². The minimum atomic E-state index is -1.50. The van der Waals surface area contributed by atoms with Gasteiger partial charge >= 0.3 is 0 Å². The summed E-state index contributed by atoms with van der Waals surface area (Å²) in [5.74, 6) is -0.504. The van der Waals surface area contributed by atoms with Gasteiger partial charge in [0.05, 0.1) is 19.2 Å². The molecule has 0 aliphatic heterocycles. The summed E-state index contributed by atoms with van der Waals surface area (Å²) >= 11 is 0. The van der Waals surface area contributed by atoms with Crippen molar-refractivity contribution >= 4 is 31.7 Å². The second-order valence-corrected chi connectivity index (χ2v) is 10.5. The topological polar surface area (TPSA) is 83.9 Å². The lowest BCUT2D eigenvalue weighted by molar-refractivity contribution is -0.117. The van der Waals surface area contributed by atoms with Crippen LogP contribution in [0.5, 0.6) is 23.0 Å². The van der Waals surface area contributed by atoms with Crippen molar-refractivity contribution in [1.82, 2.24) is 9.88 Å². The maximum atomic E-state index is 14.9. The Morgan fingerprint density at radius 3 is 2.64 bits per heavy atom. The fraction of sp³-hybridized carbons (Fsp3) is 0.241. The highest BCUT2D eigenvalue weighted by atomic mass is 31.0. The van der Waals surface area contributed by atoms with Crippen molar-refractivity contribution in [3.05, 3.63) is 83.8 Å². The number of ether oxygens (including phenoxy) is 2. The largest absolute Gasteiger partial charge is 0.504 e. The van der Waals surface area contributed by atoms with E-state index in [0.717, 1.165) is 5.56 Å². The summed E-state index contributed by atoms with van der Waals surface area (Å²) in [6.07, 6.45) is 2.14. The van der Waals surface area contributed by atoms with Gasteiger partial charge < -0.3 is 19.9 Å². The van der Waals surface area contributed by atoms with Gasteiger partial charge in [-0.2, -0.15) is 0 Å². The Hall–Kier alpha value is -3.81. The number of benzene rings is 3. The number of amides is 1. The first-order valence-corrected chi connectivity index (χ1v) is 12.8. The summed E-state index contributed by atoms with van der Waals surface area (Å²) in [5.41, 5.74) is 2.30. The molecule has 0 radical (unpaired) electrons. The summed E-state index contributed by atoms with van der Waals surface area (Å²) in [6, 6.07) is 16.1. The van der Waals surface area contributed by atoms with Crippen molar-refractivity contribution in [1.29, 1.82) is 0 Å². The zero-order valence-electron chi connectivity index (χ0n) is 21.9. The first kappa shape index (κ1) is 28.2. The monoisotopic (exact) mass is 553 g/mol. The third-order valence-electron chi connectivity index (χ3n) is 6.12. The predicted molar refractivity (Wildman–Crippen MR) is 151 cm³/mol. The number of nitrogens with one attached hydrogen (secondary N) is 1. The van der Waals surface area contributed by atoms with E-state index in [-0.39, 0.29) is 29.7 Å². The third kappa shape index (κ3) is 7.19. The van der Waals surface area contributed by atoms with E-state index < -0.39 is 11.2 Å². The van der Waals surface area contributed by atoms with Crippen LogP contribution >= 0.6 is 9.24 Å². The average Bonchev–Trinajstić information content (AvgIpc) is 2.88. The van der Waals surface area contributed by atoms with Gasteiger partial charge in [0.15, 0.2) is 23.1 Å². The lowest BCUT2D eigenvalue weighted by Crippen LogP contribution is -2.31. The second kappa shape index (κ2) is 11.9. The van der Waals surface area contributed by atoms with E-state index in [1.165, 1.54) is 38.4 Å². The summed E-state index contributed by atoms with van der Waals surface area (Å²) in [5, 5.41) is 11.7. The van der Waals surface area contributed by atoms with Crippen molar-refractivity contribution in [2.75, 3.05) is 32.6 Å². The number of phenolic OH excluding ortho intramolecular Hbond substituents is 1. The van der Waals surface area contributed by atoms with Gasteiger partial charge in [-0.25, -0.2) is 8.78 Å². The number of alkyl halides is 1. The van der Waals surface area contributed by atoms with Crippen LogP contribution in [0.2, 0.25) is 0 Å². The van der Waals surface area contributed by atoms with E-state index in [4.69, 9.17) is 9.47 Å². The lowest BCUT2D eigenvalue weighted by Gasteiger charge is -2.18. The zero-order chi connectivity index (χ0) is 28.2. The SMILES string of the molecule is COc1cc2c(Oc3ccc(NC(=O)CN(C)CCc4cccc(C(C)(F)P)c4)cc3F)ccnc2cc1O. The average molecular weight is 554 g/mol. The van der Waals surface area contributed by atoms with Crippen LogP contribution in [0.1, 0.15) is 18.1 Å². The molecule has 0 saturated carbocycles. The highest BCUT2D eigenvalue weighted by Crippen LogP contribution is 2.37. The Morgan fingerprint density at radius 2 is 1.92 bits per heavy atom. The highest BCUT2D eigenvalue weighted by Gasteiger charge is 2.19. The number of hydrogen-bond donors (Lipinski definition) is 2. The van der Waals surface area contributed by atoms with Gasteiger partial charge in [-0.15, -0.1) is 0 Å². The number of phenols is 1. The maximum absolute atomic E-state index is 14.9. The van der Waals surface area contributed by atoms with E-state index in [1.807, 2.05) is 30.1 Å². The van der Waals surface area contributed by atoms with Gasteiger partial charge in [-0.3, -0.25) is 14.7 Å². The Labute approximate surface area is 228 Å². The molecule has 0 aliphatic rings. The van der Waals surface area contributed by atoms with Crippen LogP contribution in [0.3, 0.4) is 0 Å². The normalized spacial score (nSPS) is 12.8. The molecule has 7 nitrogen and oxygen atoms in total. The standard InChI is InChI=1S/C29H30F2N3O4P/c1-29(31,39)19-6-4-5-18(13-19)10-12-34(2)17-28(36)33-20-7-8-26(22(30)14-20)38-25-9-11-32-23-16-24(35)27(37-3)15-21(23)25/h4-9,11,13-16,35H,10,12,17,39H2,1-3H3,(H,33,36). The van der Waals surface area contributed by atoms with Gasteiger partial charge in [-0.1, -0.05) is 33.5 Å². The number of carbonyl (C=O) groups excluding carboxylic acids is 1. The quantitative estimate of drug-likeness (QED) is 0.234. The molecule has 4 aromatic rings. The second-order valence-electron chi connectivity index (χ2n) is 9.41. The number of nitrogens with zero attached hydrogens (tertiary/aromatic N) is 2. The highest BCUT2D eigenvalue weighted by molar-refractivity contribution is 7.18. The Kier molecular flexibility index (Phi) is 8.63. The van der Waals surface area contributed by atoms with E-state index in [2.05, 4.69) is 19.5 Å². The molecular weight excluding hydrogens is 523 g/mol. The number of carbonyl (C=O) groups is 1. The van der Waals surface area contributed by atoms with Crippen LogP contribution in [0.4, 0.5) is 14.5 Å². The number of fused-ring (bicyclic) bond motifs is 1. The first-order chi connectivity index (χ1) is 18.5. The molecule has 2 atom stereocenters. The van der Waals surface area contributed by atoms with E-state index >= 15 is 0 Å². The smallest absolute Gasteiger partial charge is 0.238 e. The Balaban J connectivity index is 1.36. The number of methoxy groups -OCH3 is 1. The number of aromatic nitrogens is 1. The minimum Gasteiger partial charge on any atom is -0.504 e. The maximum Gasteiger partial charge on any atom is 0.238 e. The molecule has 2 N–H and O–H groups in total. The molecule has 1 amide bonds. The molecule has 2 unspecified atom stereocenters. The van der Waals surface area contributed by atoms with Crippen LogP contribution in [0.15, 0.2) is 66.9 Å². The number of aromatic hydroxyl groups is 1. The molecule has 204 valence electrons. The van der Waals surface area contributed by atoms with Crippen molar-refractivity contribution in [2.45, 2.75) is 18.8 Å². The van der Waals surface area contributed by atoms with Crippen molar-refractivity contribution < 1.29 is 28.2 Å². The van der Waals surface area contributed by atoms with Gasteiger partial charge in [0, 0.05) is 35.9 Å². The molecule has 39 heavy (non-hydrogen) atoms. The molecule has 10 heteroatoms. The molecule has 0 bridgehead atoms. The molecule has 0 spiro atoms.